The second kappa shape index (κ2) is 7.00. The third kappa shape index (κ3) is 3.30. The van der Waals surface area contributed by atoms with Crippen molar-refractivity contribution in [1.29, 1.82) is 0 Å². The van der Waals surface area contributed by atoms with Gasteiger partial charge in [-0.05, 0) is 6.07 Å². The highest BCUT2D eigenvalue weighted by Gasteiger charge is 2.14. The Morgan fingerprint density at radius 3 is 2.58 bits per heavy atom. The number of hydrogen-bond acceptors (Lipinski definition) is 3. The summed E-state index contributed by atoms with van der Waals surface area (Å²) in [5.41, 5.74) is 3.43. The van der Waals surface area contributed by atoms with Crippen LogP contribution in [0.1, 0.15) is 5.56 Å². The first-order chi connectivity index (χ1) is 11.7. The lowest BCUT2D eigenvalue weighted by atomic mass is 10.1. The lowest BCUT2D eigenvalue weighted by Crippen LogP contribution is -2.15. The SMILES string of the molecule is COc1ccccc1CC(=O)Nc1cnn(C)c1-c1ccccc1. The number of aromatic nitrogens is 2. The van der Waals surface area contributed by atoms with Crippen molar-refractivity contribution in [3.63, 3.8) is 0 Å². The molecule has 3 rings (SSSR count). The van der Waals surface area contributed by atoms with E-state index in [0.29, 0.717) is 11.4 Å². The minimum Gasteiger partial charge on any atom is -0.496 e. The molecule has 0 fully saturated rings. The molecule has 0 saturated heterocycles. The number of nitrogens with zero attached hydrogens (tertiary/aromatic N) is 2. The van der Waals surface area contributed by atoms with Crippen LogP contribution in [-0.2, 0) is 18.3 Å². The molecule has 0 aliphatic heterocycles. The summed E-state index contributed by atoms with van der Waals surface area (Å²) in [5, 5.41) is 7.22. The van der Waals surface area contributed by atoms with Crippen molar-refractivity contribution in [2.24, 2.45) is 7.05 Å². The Morgan fingerprint density at radius 1 is 1.12 bits per heavy atom. The van der Waals surface area contributed by atoms with Gasteiger partial charge in [-0.25, -0.2) is 0 Å². The zero-order valence-electron chi connectivity index (χ0n) is 13.7. The molecule has 122 valence electrons. The van der Waals surface area contributed by atoms with E-state index in [1.54, 1.807) is 18.0 Å². The Kier molecular flexibility index (Phi) is 4.61. The smallest absolute Gasteiger partial charge is 0.229 e. The van der Waals surface area contributed by atoms with Crippen LogP contribution < -0.4 is 10.1 Å². The van der Waals surface area contributed by atoms with E-state index in [1.165, 1.54) is 0 Å². The summed E-state index contributed by atoms with van der Waals surface area (Å²) in [6.45, 7) is 0. The summed E-state index contributed by atoms with van der Waals surface area (Å²) in [4.78, 5) is 12.4. The Bertz CT molecular complexity index is 841. The second-order valence-corrected chi connectivity index (χ2v) is 5.43. The maximum Gasteiger partial charge on any atom is 0.229 e. The molecule has 1 N–H and O–H groups in total. The summed E-state index contributed by atoms with van der Waals surface area (Å²) in [5.74, 6) is 0.604. The lowest BCUT2D eigenvalue weighted by Gasteiger charge is -2.10. The minimum atomic E-state index is -0.107. The van der Waals surface area contributed by atoms with Crippen molar-refractivity contribution < 1.29 is 9.53 Å². The normalized spacial score (nSPS) is 10.4. The molecule has 0 unspecified atom stereocenters. The molecule has 24 heavy (non-hydrogen) atoms. The molecule has 0 aliphatic rings. The van der Waals surface area contributed by atoms with Crippen LogP contribution in [0.15, 0.2) is 60.8 Å². The number of aryl methyl sites for hydroxylation is 1. The number of para-hydroxylation sites is 1. The largest absolute Gasteiger partial charge is 0.496 e. The van der Waals surface area contributed by atoms with Gasteiger partial charge in [0.1, 0.15) is 5.75 Å². The second-order valence-electron chi connectivity index (χ2n) is 5.43. The van der Waals surface area contributed by atoms with E-state index in [2.05, 4.69) is 10.4 Å². The van der Waals surface area contributed by atoms with Crippen LogP contribution in [0.4, 0.5) is 5.69 Å². The third-order valence-electron chi connectivity index (χ3n) is 3.80. The maximum absolute atomic E-state index is 12.4. The number of rotatable bonds is 5. The number of carbonyl (C=O) groups excluding carboxylic acids is 1. The van der Waals surface area contributed by atoms with Crippen LogP contribution in [0.3, 0.4) is 0 Å². The van der Waals surface area contributed by atoms with Crippen molar-refractivity contribution in [2.75, 3.05) is 12.4 Å². The number of hydrogen-bond donors (Lipinski definition) is 1. The van der Waals surface area contributed by atoms with Gasteiger partial charge >= 0.3 is 0 Å². The van der Waals surface area contributed by atoms with Gasteiger partial charge in [0, 0.05) is 18.2 Å². The molecule has 1 heterocycles. The number of nitrogens with one attached hydrogen (secondary N) is 1. The molecule has 0 saturated carbocycles. The zero-order valence-corrected chi connectivity index (χ0v) is 13.7. The van der Waals surface area contributed by atoms with Crippen LogP contribution in [-0.4, -0.2) is 22.8 Å². The average molecular weight is 321 g/mol. The van der Waals surface area contributed by atoms with Gasteiger partial charge in [0.25, 0.3) is 0 Å². The molecule has 5 heteroatoms. The summed E-state index contributed by atoms with van der Waals surface area (Å²) >= 11 is 0. The zero-order chi connectivity index (χ0) is 16.9. The average Bonchev–Trinajstić information content (AvgIpc) is 2.96. The molecule has 1 aromatic heterocycles. The van der Waals surface area contributed by atoms with Crippen molar-refractivity contribution in [2.45, 2.75) is 6.42 Å². The van der Waals surface area contributed by atoms with Crippen molar-refractivity contribution >= 4 is 11.6 Å². The number of ether oxygens (including phenoxy) is 1. The van der Waals surface area contributed by atoms with Gasteiger partial charge in [0.05, 0.1) is 31.1 Å². The van der Waals surface area contributed by atoms with Gasteiger partial charge in [0.2, 0.25) is 5.91 Å². The first kappa shape index (κ1) is 15.8. The van der Waals surface area contributed by atoms with Gasteiger partial charge < -0.3 is 10.1 Å². The van der Waals surface area contributed by atoms with Crippen molar-refractivity contribution in [3.05, 3.63) is 66.4 Å². The molecule has 0 spiro atoms. The van der Waals surface area contributed by atoms with E-state index in [-0.39, 0.29) is 12.3 Å². The predicted octanol–water partition coefficient (Wildman–Crippen LogP) is 3.28. The Morgan fingerprint density at radius 2 is 1.83 bits per heavy atom. The van der Waals surface area contributed by atoms with Crippen LogP contribution in [0.2, 0.25) is 0 Å². The molecule has 2 aromatic carbocycles. The van der Waals surface area contributed by atoms with Gasteiger partial charge in [-0.3, -0.25) is 9.48 Å². The molecule has 0 radical (unpaired) electrons. The van der Waals surface area contributed by atoms with E-state index < -0.39 is 0 Å². The first-order valence-corrected chi connectivity index (χ1v) is 7.68. The Hall–Kier alpha value is -3.08. The van der Waals surface area contributed by atoms with Crippen LogP contribution in [0, 0.1) is 0 Å². The fourth-order valence-corrected chi connectivity index (χ4v) is 2.68. The number of benzene rings is 2. The fourth-order valence-electron chi connectivity index (χ4n) is 2.68. The standard InChI is InChI=1S/C19H19N3O2/c1-22-19(14-8-4-3-5-9-14)16(13-20-22)21-18(23)12-15-10-6-7-11-17(15)24-2/h3-11,13H,12H2,1-2H3,(H,21,23). The van der Waals surface area contributed by atoms with Crippen LogP contribution >= 0.6 is 0 Å². The molecule has 5 nitrogen and oxygen atoms in total. The number of anilines is 1. The van der Waals surface area contributed by atoms with E-state index >= 15 is 0 Å². The van der Waals surface area contributed by atoms with E-state index in [9.17, 15) is 4.79 Å². The summed E-state index contributed by atoms with van der Waals surface area (Å²) < 4.78 is 7.06. The highest BCUT2D eigenvalue weighted by Crippen LogP contribution is 2.27. The molecule has 3 aromatic rings. The van der Waals surface area contributed by atoms with E-state index in [0.717, 1.165) is 16.8 Å². The molecular weight excluding hydrogens is 302 g/mol. The molecule has 0 aliphatic carbocycles. The highest BCUT2D eigenvalue weighted by molar-refractivity contribution is 5.96. The highest BCUT2D eigenvalue weighted by atomic mass is 16.5. The summed E-state index contributed by atoms with van der Waals surface area (Å²) in [7, 11) is 3.46. The number of carbonyl (C=O) groups is 1. The van der Waals surface area contributed by atoms with Crippen molar-refractivity contribution in [3.8, 4) is 17.0 Å². The molecule has 0 bridgehead atoms. The number of methoxy groups -OCH3 is 1. The van der Waals surface area contributed by atoms with Crippen LogP contribution in [0.5, 0.6) is 5.75 Å². The predicted molar refractivity (Wildman–Crippen MR) is 94.0 cm³/mol. The van der Waals surface area contributed by atoms with Gasteiger partial charge in [-0.2, -0.15) is 5.10 Å². The number of amides is 1. The first-order valence-electron chi connectivity index (χ1n) is 7.68. The van der Waals surface area contributed by atoms with Gasteiger partial charge in [-0.15, -0.1) is 0 Å². The third-order valence-corrected chi connectivity index (χ3v) is 3.80. The lowest BCUT2D eigenvalue weighted by molar-refractivity contribution is -0.115. The molecular formula is C19H19N3O2. The van der Waals surface area contributed by atoms with Crippen molar-refractivity contribution in [1.82, 2.24) is 9.78 Å². The van der Waals surface area contributed by atoms with E-state index in [4.69, 9.17) is 4.74 Å². The summed E-state index contributed by atoms with van der Waals surface area (Å²) in [6, 6.07) is 17.4. The molecule has 0 atom stereocenters. The fraction of sp³-hybridized carbons (Fsp3) is 0.158. The van der Waals surface area contributed by atoms with Crippen LogP contribution in [0.25, 0.3) is 11.3 Å². The Labute approximate surface area is 140 Å². The summed E-state index contributed by atoms with van der Waals surface area (Å²) in [6.07, 6.45) is 1.91. The van der Waals surface area contributed by atoms with Gasteiger partial charge in [-0.1, -0.05) is 48.5 Å². The monoisotopic (exact) mass is 321 g/mol. The maximum atomic E-state index is 12.4. The van der Waals surface area contributed by atoms with Gasteiger partial charge in [0.15, 0.2) is 0 Å². The Balaban J connectivity index is 1.81. The topological polar surface area (TPSA) is 56.1 Å². The minimum absolute atomic E-state index is 0.107. The quantitative estimate of drug-likeness (QED) is 0.784. The van der Waals surface area contributed by atoms with E-state index in [1.807, 2.05) is 61.6 Å². The molecule has 1 amide bonds.